The molecule has 0 saturated heterocycles. The van der Waals surface area contributed by atoms with Crippen molar-refractivity contribution in [3.05, 3.63) is 94.7 Å². The summed E-state index contributed by atoms with van der Waals surface area (Å²) in [5, 5.41) is 2.37. The molecule has 0 unspecified atom stereocenters. The van der Waals surface area contributed by atoms with Crippen LogP contribution >= 0.6 is 0 Å². The summed E-state index contributed by atoms with van der Waals surface area (Å²) in [5.41, 5.74) is 8.24. The van der Waals surface area contributed by atoms with Gasteiger partial charge in [-0.25, -0.2) is 4.98 Å². The fourth-order valence-electron chi connectivity index (χ4n) is 7.49. The van der Waals surface area contributed by atoms with Crippen LogP contribution < -0.4 is 4.74 Å². The van der Waals surface area contributed by atoms with Crippen molar-refractivity contribution < 1.29 is 30.5 Å². The van der Waals surface area contributed by atoms with E-state index in [1.54, 1.807) is 0 Å². The Hall–Kier alpha value is -3.43. The number of aryl methyl sites for hydroxylation is 2. The van der Waals surface area contributed by atoms with E-state index in [4.69, 9.17) is 19.5 Å². The number of aliphatic imine (C=N–C) groups is 1. The first-order valence-electron chi connectivity index (χ1n) is 17.6. The molecule has 49 heavy (non-hydrogen) atoms. The van der Waals surface area contributed by atoms with Crippen LogP contribution in [0.25, 0.3) is 27.6 Å². The summed E-state index contributed by atoms with van der Waals surface area (Å²) in [5.74, 6) is 2.50. The molecule has 1 fully saturated rings. The van der Waals surface area contributed by atoms with Gasteiger partial charge in [0.25, 0.3) is 0 Å². The van der Waals surface area contributed by atoms with Crippen LogP contribution in [-0.4, -0.2) is 27.6 Å². The molecule has 2 aromatic heterocycles. The molecule has 1 atom stereocenters. The third-order valence-electron chi connectivity index (χ3n) is 10.4. The first-order valence-corrected chi connectivity index (χ1v) is 17.6. The van der Waals surface area contributed by atoms with Gasteiger partial charge in [0.05, 0.1) is 11.1 Å². The average molecular weight is 835 g/mol. The maximum absolute atomic E-state index is 6.66. The van der Waals surface area contributed by atoms with E-state index in [9.17, 15) is 0 Å². The number of rotatable bonds is 5. The molecule has 2 aliphatic rings. The van der Waals surface area contributed by atoms with Crippen LogP contribution in [0.5, 0.6) is 11.5 Å². The van der Waals surface area contributed by atoms with Gasteiger partial charge in [0.1, 0.15) is 18.2 Å². The van der Waals surface area contributed by atoms with E-state index in [1.165, 1.54) is 54.0 Å². The summed E-state index contributed by atoms with van der Waals surface area (Å²) in [6, 6.07) is 24.5. The molecule has 0 N–H and O–H groups in total. The van der Waals surface area contributed by atoms with E-state index in [-0.39, 0.29) is 37.4 Å². The van der Waals surface area contributed by atoms with Crippen LogP contribution in [0.2, 0.25) is 0 Å². The van der Waals surface area contributed by atoms with Crippen LogP contribution in [0.4, 0.5) is 0 Å². The summed E-state index contributed by atoms with van der Waals surface area (Å²) < 4.78 is 15.2. The fraction of sp³-hybridized carbons (Fsp3) is 0.442. The number of ether oxygens (including phenoxy) is 2. The van der Waals surface area contributed by atoms with E-state index in [0.717, 1.165) is 33.5 Å². The van der Waals surface area contributed by atoms with Crippen LogP contribution in [-0.2, 0) is 36.6 Å². The molecule has 258 valence electrons. The minimum Gasteiger partial charge on any atom is -0.518 e. The largest absolute Gasteiger partial charge is 2.00 e. The summed E-state index contributed by atoms with van der Waals surface area (Å²) >= 11 is 0. The summed E-state index contributed by atoms with van der Waals surface area (Å²) in [4.78, 5) is 10.1. The van der Waals surface area contributed by atoms with Gasteiger partial charge in [-0.2, -0.15) is 5.56 Å². The van der Waals surface area contributed by atoms with Crippen molar-refractivity contribution in [3.8, 4) is 17.2 Å². The van der Waals surface area contributed by atoms with E-state index in [1.807, 2.05) is 12.3 Å². The third kappa shape index (κ3) is 6.85. The monoisotopic (exact) mass is 834 g/mol. The molecule has 6 heteroatoms. The molecule has 3 heterocycles. The Kier molecular flexibility index (Phi) is 9.41. The van der Waals surface area contributed by atoms with E-state index < -0.39 is 0 Å². The Morgan fingerprint density at radius 3 is 2.29 bits per heavy atom. The van der Waals surface area contributed by atoms with Crippen molar-refractivity contribution in [2.24, 2.45) is 10.9 Å². The number of aromatic nitrogens is 2. The van der Waals surface area contributed by atoms with E-state index >= 15 is 0 Å². The Labute approximate surface area is 306 Å². The van der Waals surface area contributed by atoms with Crippen molar-refractivity contribution in [2.45, 2.75) is 111 Å². The molecule has 7 rings (SSSR count). The van der Waals surface area contributed by atoms with Crippen molar-refractivity contribution in [2.75, 3.05) is 6.61 Å². The zero-order chi connectivity index (χ0) is 34.0. The Bertz CT molecular complexity index is 2060. The van der Waals surface area contributed by atoms with Crippen molar-refractivity contribution in [1.82, 2.24) is 9.55 Å². The Morgan fingerprint density at radius 1 is 0.857 bits per heavy atom. The van der Waals surface area contributed by atoms with Gasteiger partial charge < -0.3 is 14.0 Å². The second kappa shape index (κ2) is 13.0. The van der Waals surface area contributed by atoms with Gasteiger partial charge in [-0.1, -0.05) is 97.2 Å². The van der Waals surface area contributed by atoms with E-state index in [2.05, 4.69) is 121 Å². The van der Waals surface area contributed by atoms with E-state index in [0.29, 0.717) is 29.9 Å². The minimum absolute atomic E-state index is 0. The normalized spacial score (nSPS) is 18.8. The molecular weight excluding hydrogens is 786 g/mol. The fourth-order valence-corrected chi connectivity index (χ4v) is 7.49. The number of hydrogen-bond acceptors (Lipinski definition) is 4. The first kappa shape index (κ1) is 35.4. The van der Waals surface area contributed by atoms with Gasteiger partial charge in [0.15, 0.2) is 0 Å². The van der Waals surface area contributed by atoms with Crippen LogP contribution in [0, 0.1) is 31.9 Å². The molecular formula is C43H49N3O2Pt. The standard InChI is InChI=1S/C43H49N3O2.Pt/c1-27-19-33(46-37-16-15-31(41(3,4)5)24-36(37)38-28(2)17-18-44-39(38)46)25-34(20-27)48-35-22-29(21-32(23-35)42(6,7)8)40-45-43(9,26-47-40)30-13-11-10-12-14-30;/h15-21,23-24,30H,10-14,26H2,1-9H3;/q-2;+2/t43-;/m0./s1. The number of pyridine rings is 1. The predicted molar refractivity (Wildman–Crippen MR) is 197 cm³/mol. The first-order chi connectivity index (χ1) is 22.7. The molecule has 1 aliphatic carbocycles. The molecule has 0 amide bonds. The van der Waals surface area contributed by atoms with Crippen molar-refractivity contribution in [1.29, 1.82) is 0 Å². The quantitative estimate of drug-likeness (QED) is 0.166. The zero-order valence-electron chi connectivity index (χ0n) is 30.5. The molecule has 0 spiro atoms. The smallest absolute Gasteiger partial charge is 0.518 e. The molecule has 0 bridgehead atoms. The molecule has 1 aliphatic heterocycles. The molecule has 3 aromatic carbocycles. The topological polar surface area (TPSA) is 48.6 Å². The van der Waals surface area contributed by atoms with Gasteiger partial charge in [-0.05, 0) is 72.8 Å². The van der Waals surface area contributed by atoms with Crippen LogP contribution in [0.15, 0.2) is 59.7 Å². The van der Waals surface area contributed by atoms with Gasteiger partial charge in [0, 0.05) is 28.5 Å². The molecule has 0 radical (unpaired) electrons. The SMILES string of the molecule is Cc1cc(Oc2[c-]c(C3=N[C@](C)(C4CCCCC4)CO3)cc(C(C)(C)C)c2)[c-]c(-n2c3ccc(C(C)(C)C)cc3c3c(C)ccnc32)c1.[Pt+2]. The maximum atomic E-state index is 6.66. The second-order valence-corrected chi connectivity index (χ2v) is 16.4. The average Bonchev–Trinajstić information content (AvgIpc) is 3.60. The third-order valence-corrected chi connectivity index (χ3v) is 10.4. The zero-order valence-corrected chi connectivity index (χ0v) is 32.8. The van der Waals surface area contributed by atoms with Gasteiger partial charge >= 0.3 is 21.1 Å². The van der Waals surface area contributed by atoms with Crippen molar-refractivity contribution >= 4 is 27.8 Å². The van der Waals surface area contributed by atoms with Gasteiger partial charge in [0.2, 0.25) is 0 Å². The van der Waals surface area contributed by atoms with Crippen molar-refractivity contribution in [3.63, 3.8) is 0 Å². The molecule has 5 nitrogen and oxygen atoms in total. The summed E-state index contributed by atoms with van der Waals surface area (Å²) in [6.07, 6.45) is 8.24. The number of benzene rings is 3. The summed E-state index contributed by atoms with van der Waals surface area (Å²) in [6.45, 7) is 20.6. The minimum atomic E-state index is -0.191. The summed E-state index contributed by atoms with van der Waals surface area (Å²) in [7, 11) is 0. The van der Waals surface area contributed by atoms with Gasteiger partial charge in [-0.15, -0.1) is 29.8 Å². The number of fused-ring (bicyclic) bond motifs is 3. The molecule has 1 saturated carbocycles. The number of hydrogen-bond donors (Lipinski definition) is 0. The maximum Gasteiger partial charge on any atom is 2.00 e. The van der Waals surface area contributed by atoms with Crippen LogP contribution in [0.3, 0.4) is 0 Å². The molecule has 5 aromatic rings. The second-order valence-electron chi connectivity index (χ2n) is 16.4. The van der Waals surface area contributed by atoms with Gasteiger partial charge in [-0.3, -0.25) is 4.99 Å². The Morgan fingerprint density at radius 2 is 1.57 bits per heavy atom. The predicted octanol–water partition coefficient (Wildman–Crippen LogP) is 10.9. The van der Waals surface area contributed by atoms with Crippen LogP contribution in [0.1, 0.15) is 108 Å². The Balaban J connectivity index is 0.00000417. The number of nitrogens with zero attached hydrogens (tertiary/aromatic N) is 3.